The Labute approximate surface area is 205 Å². The molecule has 0 saturated heterocycles. The Morgan fingerprint density at radius 2 is 1.79 bits per heavy atom. The van der Waals surface area contributed by atoms with E-state index in [4.69, 9.17) is 4.74 Å². The summed E-state index contributed by atoms with van der Waals surface area (Å²) in [5.74, 6) is 0.556. The van der Waals surface area contributed by atoms with Gasteiger partial charge in [0.15, 0.2) is 0 Å². The number of thioether (sulfide) groups is 1. The largest absolute Gasteiger partial charge is 0.497 e. The molecule has 1 aromatic heterocycles. The molecule has 5 rings (SSSR count). The Balaban J connectivity index is 1.72. The molecule has 2 aliphatic rings. The Morgan fingerprint density at radius 1 is 1.03 bits per heavy atom. The molecule has 0 saturated carbocycles. The molecule has 2 aliphatic heterocycles. The van der Waals surface area contributed by atoms with Gasteiger partial charge in [0.05, 0.1) is 29.8 Å². The van der Waals surface area contributed by atoms with Gasteiger partial charge in [-0.05, 0) is 45.0 Å². The first-order valence-corrected chi connectivity index (χ1v) is 12.7. The lowest BCUT2D eigenvalue weighted by Crippen LogP contribution is -2.35. The number of hydrogen-bond acceptors (Lipinski definition) is 7. The van der Waals surface area contributed by atoms with Gasteiger partial charge in [-0.2, -0.15) is 10.1 Å². The van der Waals surface area contributed by atoms with Crippen LogP contribution in [0.25, 0.3) is 10.6 Å². The highest BCUT2D eigenvalue weighted by Gasteiger charge is 2.32. The van der Waals surface area contributed by atoms with E-state index in [0.717, 1.165) is 21.4 Å². The standard InChI is InChI=1S/C25H24N4O3S2/c1-5-27-18-14-17(32-4)12-13-19(18)33-25(27)21-23(31)28(6-2)24(34-21)20-15(3)26-29(22(20)30)16-10-8-7-9-11-16/h7-14H,5-6H2,1-4H3/b24-20+,25-21-. The third-order valence-electron chi connectivity index (χ3n) is 5.85. The molecule has 0 N–H and O–H groups in total. The predicted octanol–water partition coefficient (Wildman–Crippen LogP) is 3.21. The molecule has 0 bridgehead atoms. The lowest BCUT2D eigenvalue weighted by molar-refractivity contribution is -0.112. The van der Waals surface area contributed by atoms with Gasteiger partial charge in [-0.3, -0.25) is 14.2 Å². The van der Waals surface area contributed by atoms with Gasteiger partial charge in [0.1, 0.15) is 20.0 Å². The van der Waals surface area contributed by atoms with E-state index in [-0.39, 0.29) is 11.5 Å². The van der Waals surface area contributed by atoms with Crippen LogP contribution in [0.4, 0.5) is 11.4 Å². The Morgan fingerprint density at radius 3 is 2.47 bits per heavy atom. The maximum absolute atomic E-state index is 13.6. The van der Waals surface area contributed by atoms with Crippen molar-refractivity contribution < 1.29 is 9.53 Å². The quantitative estimate of drug-likeness (QED) is 0.560. The predicted molar refractivity (Wildman–Crippen MR) is 139 cm³/mol. The summed E-state index contributed by atoms with van der Waals surface area (Å²) in [5, 5.41) is 6.80. The van der Waals surface area contributed by atoms with Gasteiger partial charge in [0, 0.05) is 24.1 Å². The second-order valence-electron chi connectivity index (χ2n) is 7.78. The minimum Gasteiger partial charge on any atom is -0.497 e. The molecular weight excluding hydrogens is 468 g/mol. The van der Waals surface area contributed by atoms with Crippen molar-refractivity contribution in [3.8, 4) is 5.75 Å². The fourth-order valence-corrected chi connectivity index (χ4v) is 6.82. The smallest absolute Gasteiger partial charge is 0.283 e. The number of hydrogen-bond donors (Lipinski definition) is 0. The van der Waals surface area contributed by atoms with Crippen molar-refractivity contribution in [1.82, 2.24) is 4.57 Å². The number of ether oxygens (including phenoxy) is 1. The number of carbonyl (C=O) groups excluding carboxylic acids is 1. The van der Waals surface area contributed by atoms with Gasteiger partial charge in [-0.25, -0.2) is 0 Å². The van der Waals surface area contributed by atoms with Crippen LogP contribution in [0.5, 0.6) is 5.75 Å². The number of methoxy groups -OCH3 is 1. The van der Waals surface area contributed by atoms with E-state index in [2.05, 4.69) is 16.9 Å². The van der Waals surface area contributed by atoms with Gasteiger partial charge in [0.25, 0.3) is 11.5 Å². The summed E-state index contributed by atoms with van der Waals surface area (Å²) in [4.78, 5) is 30.2. The van der Waals surface area contributed by atoms with Crippen molar-refractivity contribution in [2.45, 2.75) is 32.2 Å². The summed E-state index contributed by atoms with van der Waals surface area (Å²) in [6, 6.07) is 15.3. The number of benzene rings is 2. The molecule has 0 spiro atoms. The van der Waals surface area contributed by atoms with Crippen LogP contribution in [0.15, 0.2) is 63.3 Å². The number of fused-ring (bicyclic) bond motifs is 1. The van der Waals surface area contributed by atoms with E-state index in [1.807, 2.05) is 62.4 Å². The summed E-state index contributed by atoms with van der Waals surface area (Å²) >= 11 is 2.94. The molecule has 3 aromatic rings. The molecule has 174 valence electrons. The van der Waals surface area contributed by atoms with Crippen LogP contribution in [0, 0.1) is 0 Å². The molecule has 3 heterocycles. The normalized spacial score (nSPS) is 18.5. The number of rotatable bonds is 4. The molecule has 2 aromatic carbocycles. The van der Waals surface area contributed by atoms with E-state index in [0.29, 0.717) is 39.3 Å². The fourth-order valence-electron chi connectivity index (χ4n) is 4.19. The number of carbonyl (C=O) groups is 1. The van der Waals surface area contributed by atoms with Crippen LogP contribution in [0.2, 0.25) is 0 Å². The summed E-state index contributed by atoms with van der Waals surface area (Å²) < 4.78 is 8.37. The van der Waals surface area contributed by atoms with E-state index in [1.165, 1.54) is 16.3 Å². The lowest BCUT2D eigenvalue weighted by atomic mass is 10.2. The van der Waals surface area contributed by atoms with Crippen molar-refractivity contribution >= 4 is 56.7 Å². The molecule has 0 radical (unpaired) electrons. The zero-order valence-corrected chi connectivity index (χ0v) is 21.0. The molecule has 0 fully saturated rings. The number of aromatic nitrogens is 1. The van der Waals surface area contributed by atoms with Gasteiger partial charge < -0.3 is 9.64 Å². The molecular formula is C25H24N4O3S2. The monoisotopic (exact) mass is 492 g/mol. The highest BCUT2D eigenvalue weighted by Crippen LogP contribution is 2.47. The average Bonchev–Trinajstić information content (AvgIpc) is 3.48. The topological polar surface area (TPSA) is 67.1 Å². The summed E-state index contributed by atoms with van der Waals surface area (Å²) in [5.41, 5.74) is 2.72. The number of thiazole rings is 1. The SMILES string of the molecule is CCN1/C(=c2/s/c(=C3/C(=O)N(c4ccccc4)N=C3C)n(CC)c2=O)Sc2ccc(OC)cc21. The number of nitrogens with zero attached hydrogens (tertiary/aromatic N) is 4. The number of amides is 1. The van der Waals surface area contributed by atoms with Gasteiger partial charge in [-0.1, -0.05) is 30.0 Å². The summed E-state index contributed by atoms with van der Waals surface area (Å²) in [6.45, 7) is 6.97. The average molecular weight is 493 g/mol. The van der Waals surface area contributed by atoms with Crippen LogP contribution in [-0.2, 0) is 11.3 Å². The molecule has 7 nitrogen and oxygen atoms in total. The van der Waals surface area contributed by atoms with Crippen molar-refractivity contribution in [2.75, 3.05) is 23.6 Å². The Kier molecular flexibility index (Phi) is 5.83. The molecule has 0 aliphatic carbocycles. The van der Waals surface area contributed by atoms with Crippen LogP contribution in [-0.4, -0.2) is 29.8 Å². The minimum absolute atomic E-state index is 0.0884. The molecule has 0 atom stereocenters. The van der Waals surface area contributed by atoms with Crippen molar-refractivity contribution in [1.29, 1.82) is 0 Å². The van der Waals surface area contributed by atoms with Crippen molar-refractivity contribution in [3.05, 3.63) is 68.1 Å². The first kappa shape index (κ1) is 22.5. The molecule has 9 heteroatoms. The van der Waals surface area contributed by atoms with Crippen LogP contribution in [0.1, 0.15) is 20.8 Å². The third-order valence-corrected chi connectivity index (χ3v) is 8.35. The third kappa shape index (κ3) is 3.47. The summed E-state index contributed by atoms with van der Waals surface area (Å²) in [6.07, 6.45) is 0. The zero-order chi connectivity index (χ0) is 24.0. The molecule has 34 heavy (non-hydrogen) atoms. The Bertz CT molecular complexity index is 1510. The first-order valence-electron chi connectivity index (χ1n) is 11.0. The molecule has 0 unspecified atom stereocenters. The van der Waals surface area contributed by atoms with Gasteiger partial charge in [-0.15, -0.1) is 11.3 Å². The second-order valence-corrected chi connectivity index (χ2v) is 9.81. The number of para-hydroxylation sites is 1. The van der Waals surface area contributed by atoms with E-state index >= 15 is 0 Å². The zero-order valence-electron chi connectivity index (χ0n) is 19.4. The lowest BCUT2D eigenvalue weighted by Gasteiger charge is -2.17. The van der Waals surface area contributed by atoms with E-state index in [9.17, 15) is 9.59 Å². The fraction of sp³-hybridized carbons (Fsp3) is 0.240. The van der Waals surface area contributed by atoms with Crippen molar-refractivity contribution in [2.24, 2.45) is 5.10 Å². The molecule has 1 amide bonds. The maximum Gasteiger partial charge on any atom is 0.283 e. The van der Waals surface area contributed by atoms with Crippen LogP contribution >= 0.6 is 23.1 Å². The highest BCUT2D eigenvalue weighted by molar-refractivity contribution is 8.08. The van der Waals surface area contributed by atoms with Gasteiger partial charge in [0.2, 0.25) is 0 Å². The second kappa shape index (κ2) is 8.81. The van der Waals surface area contributed by atoms with Gasteiger partial charge >= 0.3 is 0 Å². The minimum atomic E-state index is -0.219. The first-order chi connectivity index (χ1) is 16.5. The highest BCUT2D eigenvalue weighted by atomic mass is 32.2. The van der Waals surface area contributed by atoms with Crippen LogP contribution < -0.4 is 29.4 Å². The maximum atomic E-state index is 13.6. The summed E-state index contributed by atoms with van der Waals surface area (Å²) in [7, 11) is 1.65. The van der Waals surface area contributed by atoms with Crippen molar-refractivity contribution in [3.63, 3.8) is 0 Å². The number of anilines is 2. The van der Waals surface area contributed by atoms with E-state index < -0.39 is 0 Å². The number of hydrazone groups is 1. The van der Waals surface area contributed by atoms with E-state index in [1.54, 1.807) is 23.4 Å². The van der Waals surface area contributed by atoms with Crippen LogP contribution in [0.3, 0.4) is 0 Å². The Hall–Kier alpha value is -3.30.